The van der Waals surface area contributed by atoms with Crippen LogP contribution >= 0.6 is 0 Å². The van der Waals surface area contributed by atoms with Gasteiger partial charge in [-0.2, -0.15) is 0 Å². The van der Waals surface area contributed by atoms with Crippen molar-refractivity contribution in [3.05, 3.63) is 88.7 Å². The summed E-state index contributed by atoms with van der Waals surface area (Å²) in [5, 5.41) is 3.39. The molecule has 0 saturated heterocycles. The van der Waals surface area contributed by atoms with Crippen LogP contribution in [0.5, 0.6) is 0 Å². The second-order valence-corrected chi connectivity index (χ2v) is 7.23. The maximum absolute atomic E-state index is 12.9. The van der Waals surface area contributed by atoms with Crippen LogP contribution in [0.4, 0.5) is 0 Å². The van der Waals surface area contributed by atoms with E-state index in [1.165, 1.54) is 11.1 Å². The molecule has 0 aliphatic rings. The van der Waals surface area contributed by atoms with Crippen molar-refractivity contribution in [3.63, 3.8) is 0 Å². The fourth-order valence-electron chi connectivity index (χ4n) is 3.39. The molecule has 3 nitrogen and oxygen atoms in total. The number of hydrogen-bond acceptors (Lipinski definition) is 3. The van der Waals surface area contributed by atoms with E-state index in [-0.39, 0.29) is 5.78 Å². The molecule has 3 heteroatoms. The van der Waals surface area contributed by atoms with Gasteiger partial charge in [-0.05, 0) is 66.3 Å². The summed E-state index contributed by atoms with van der Waals surface area (Å²) in [4.78, 5) is 17.3. The Morgan fingerprint density at radius 3 is 2.50 bits per heavy atom. The third-order valence-corrected chi connectivity index (χ3v) is 5.13. The van der Waals surface area contributed by atoms with Gasteiger partial charge in [0.2, 0.25) is 0 Å². The van der Waals surface area contributed by atoms with Gasteiger partial charge in [-0.15, -0.1) is 0 Å². The number of pyridine rings is 1. The minimum atomic E-state index is 0.0597. The summed E-state index contributed by atoms with van der Waals surface area (Å²) < 4.78 is 0. The third kappa shape index (κ3) is 4.73. The van der Waals surface area contributed by atoms with E-state index in [1.807, 2.05) is 49.5 Å². The molecule has 0 aliphatic carbocycles. The van der Waals surface area contributed by atoms with Crippen molar-refractivity contribution >= 4 is 5.78 Å². The van der Waals surface area contributed by atoms with Gasteiger partial charge in [0.15, 0.2) is 5.78 Å². The Kier molecular flexibility index (Phi) is 6.72. The fourth-order valence-corrected chi connectivity index (χ4v) is 3.39. The number of Topliss-reactive ketones (excluding diaryl/α,β-unsaturated/α-hetero) is 1. The van der Waals surface area contributed by atoms with Crippen molar-refractivity contribution < 1.29 is 4.79 Å². The molecule has 0 amide bonds. The Morgan fingerprint density at radius 1 is 1.00 bits per heavy atom. The number of rotatable bonds is 8. The van der Waals surface area contributed by atoms with Crippen LogP contribution in [0.1, 0.15) is 46.1 Å². The molecule has 28 heavy (non-hydrogen) atoms. The van der Waals surface area contributed by atoms with Gasteiger partial charge >= 0.3 is 0 Å². The predicted octanol–water partition coefficient (Wildman–Crippen LogP) is 5.29. The SMILES string of the molecule is CCCNCc1cnc(C(=O)Cc2cccc(-c3ccccc3)c2C)cc1C. The molecule has 1 N–H and O–H groups in total. The second kappa shape index (κ2) is 9.43. The average molecular weight is 373 g/mol. The molecule has 0 radical (unpaired) electrons. The molecule has 1 aromatic heterocycles. The summed E-state index contributed by atoms with van der Waals surface area (Å²) in [5.74, 6) is 0.0597. The van der Waals surface area contributed by atoms with E-state index < -0.39 is 0 Å². The molecule has 0 spiro atoms. The van der Waals surface area contributed by atoms with E-state index in [0.717, 1.165) is 41.8 Å². The van der Waals surface area contributed by atoms with Gasteiger partial charge in [-0.25, -0.2) is 0 Å². The van der Waals surface area contributed by atoms with E-state index >= 15 is 0 Å². The lowest BCUT2D eigenvalue weighted by molar-refractivity contribution is 0.0988. The van der Waals surface area contributed by atoms with E-state index in [9.17, 15) is 4.79 Å². The first-order valence-electron chi connectivity index (χ1n) is 9.93. The van der Waals surface area contributed by atoms with Crippen LogP contribution in [0, 0.1) is 13.8 Å². The predicted molar refractivity (Wildman–Crippen MR) is 116 cm³/mol. The number of carbonyl (C=O) groups excluding carboxylic acids is 1. The van der Waals surface area contributed by atoms with Crippen LogP contribution in [0.15, 0.2) is 60.8 Å². The van der Waals surface area contributed by atoms with Gasteiger partial charge in [0.05, 0.1) is 0 Å². The molecule has 3 rings (SSSR count). The second-order valence-electron chi connectivity index (χ2n) is 7.23. The molecular weight excluding hydrogens is 344 g/mol. The summed E-state index contributed by atoms with van der Waals surface area (Å²) in [6.07, 6.45) is 3.30. The van der Waals surface area contributed by atoms with E-state index in [2.05, 4.69) is 42.3 Å². The first-order valence-corrected chi connectivity index (χ1v) is 9.93. The number of nitrogens with zero attached hydrogens (tertiary/aromatic N) is 1. The van der Waals surface area contributed by atoms with E-state index in [0.29, 0.717) is 12.1 Å². The van der Waals surface area contributed by atoms with Crippen molar-refractivity contribution in [1.82, 2.24) is 10.3 Å². The van der Waals surface area contributed by atoms with Crippen LogP contribution in [-0.4, -0.2) is 17.3 Å². The number of benzene rings is 2. The third-order valence-electron chi connectivity index (χ3n) is 5.13. The molecule has 3 aromatic rings. The number of aryl methyl sites for hydroxylation is 1. The van der Waals surface area contributed by atoms with Crippen molar-refractivity contribution in [1.29, 1.82) is 0 Å². The summed E-state index contributed by atoms with van der Waals surface area (Å²) >= 11 is 0. The van der Waals surface area contributed by atoms with Crippen LogP contribution in [-0.2, 0) is 13.0 Å². The molecule has 0 aliphatic heterocycles. The molecule has 0 fully saturated rings. The Morgan fingerprint density at radius 2 is 1.79 bits per heavy atom. The number of nitrogens with one attached hydrogen (secondary N) is 1. The normalized spacial score (nSPS) is 10.8. The van der Waals surface area contributed by atoms with E-state index in [1.54, 1.807) is 0 Å². The summed E-state index contributed by atoms with van der Waals surface area (Å²) in [5.41, 5.74) is 7.35. The number of carbonyl (C=O) groups is 1. The fraction of sp³-hybridized carbons (Fsp3) is 0.280. The first kappa shape index (κ1) is 20.0. The highest BCUT2D eigenvalue weighted by atomic mass is 16.1. The van der Waals surface area contributed by atoms with Gasteiger partial charge in [0.1, 0.15) is 5.69 Å². The zero-order chi connectivity index (χ0) is 19.9. The molecular formula is C25H28N2O. The van der Waals surface area contributed by atoms with E-state index in [4.69, 9.17) is 0 Å². The van der Waals surface area contributed by atoms with Crippen LogP contribution in [0.2, 0.25) is 0 Å². The van der Waals surface area contributed by atoms with Crippen LogP contribution in [0.3, 0.4) is 0 Å². The van der Waals surface area contributed by atoms with Gasteiger partial charge < -0.3 is 5.32 Å². The first-order chi connectivity index (χ1) is 13.6. The lowest BCUT2D eigenvalue weighted by Crippen LogP contribution is -2.16. The quantitative estimate of drug-likeness (QED) is 0.431. The standard InChI is InChI=1S/C25H28N2O/c1-4-13-26-16-22-17-27-24(14-18(22)2)25(28)15-21-11-8-12-23(19(21)3)20-9-6-5-7-10-20/h5-12,14,17,26H,4,13,15-16H2,1-3H3. The number of ketones is 1. The molecule has 1 heterocycles. The van der Waals surface area contributed by atoms with Gasteiger partial charge in [0, 0.05) is 19.2 Å². The number of aromatic nitrogens is 1. The van der Waals surface area contributed by atoms with Crippen molar-refractivity contribution in [3.8, 4) is 11.1 Å². The summed E-state index contributed by atoms with van der Waals surface area (Å²) in [6.45, 7) is 8.06. The molecule has 0 unspecified atom stereocenters. The van der Waals surface area contributed by atoms with Crippen LogP contribution < -0.4 is 5.32 Å². The van der Waals surface area contributed by atoms with Crippen LogP contribution in [0.25, 0.3) is 11.1 Å². The number of hydrogen-bond donors (Lipinski definition) is 1. The largest absolute Gasteiger partial charge is 0.313 e. The lowest BCUT2D eigenvalue weighted by Gasteiger charge is -2.12. The lowest BCUT2D eigenvalue weighted by atomic mass is 9.93. The van der Waals surface area contributed by atoms with Gasteiger partial charge in [-0.1, -0.05) is 55.5 Å². The zero-order valence-corrected chi connectivity index (χ0v) is 17.0. The minimum absolute atomic E-state index is 0.0597. The van der Waals surface area contributed by atoms with Gasteiger partial charge in [0.25, 0.3) is 0 Å². The van der Waals surface area contributed by atoms with Crippen molar-refractivity contribution in [2.45, 2.75) is 40.2 Å². The highest BCUT2D eigenvalue weighted by Gasteiger charge is 2.14. The molecule has 0 bridgehead atoms. The monoisotopic (exact) mass is 372 g/mol. The van der Waals surface area contributed by atoms with Gasteiger partial charge in [-0.3, -0.25) is 9.78 Å². The smallest absolute Gasteiger partial charge is 0.185 e. The molecule has 0 saturated carbocycles. The molecule has 144 valence electrons. The minimum Gasteiger partial charge on any atom is -0.313 e. The maximum Gasteiger partial charge on any atom is 0.185 e. The molecule has 0 atom stereocenters. The Bertz CT molecular complexity index is 948. The maximum atomic E-state index is 12.9. The highest BCUT2D eigenvalue weighted by Crippen LogP contribution is 2.26. The Balaban J connectivity index is 1.77. The Labute approximate surface area is 167 Å². The average Bonchev–Trinajstić information content (AvgIpc) is 2.71. The topological polar surface area (TPSA) is 42.0 Å². The zero-order valence-electron chi connectivity index (χ0n) is 17.0. The molecule has 2 aromatic carbocycles. The summed E-state index contributed by atoms with van der Waals surface area (Å²) in [6, 6.07) is 18.4. The van der Waals surface area contributed by atoms with Crippen molar-refractivity contribution in [2.24, 2.45) is 0 Å². The van der Waals surface area contributed by atoms with Crippen molar-refractivity contribution in [2.75, 3.05) is 6.54 Å². The summed E-state index contributed by atoms with van der Waals surface area (Å²) in [7, 11) is 0. The Hall–Kier alpha value is -2.78. The highest BCUT2D eigenvalue weighted by molar-refractivity contribution is 5.96.